The number of hydrogen-bond acceptors (Lipinski definition) is 5. The maximum atomic E-state index is 12.5. The van der Waals surface area contributed by atoms with Gasteiger partial charge in [-0.2, -0.15) is 0 Å². The lowest BCUT2D eigenvalue weighted by molar-refractivity contribution is -0.123. The van der Waals surface area contributed by atoms with Crippen molar-refractivity contribution in [1.29, 1.82) is 0 Å². The molecule has 0 amide bonds. The number of H-pyrrole nitrogens is 1. The lowest BCUT2D eigenvalue weighted by atomic mass is 9.96. The van der Waals surface area contributed by atoms with Gasteiger partial charge >= 0.3 is 0 Å². The predicted molar refractivity (Wildman–Crippen MR) is 98.7 cm³/mol. The first-order valence-electron chi connectivity index (χ1n) is 8.39. The van der Waals surface area contributed by atoms with Crippen molar-refractivity contribution < 1.29 is 9.53 Å². The molecule has 4 N–H and O–H groups in total. The minimum atomic E-state index is -0.647. The molecule has 25 heavy (non-hydrogen) atoms. The highest BCUT2D eigenvalue weighted by Crippen LogP contribution is 2.37. The summed E-state index contributed by atoms with van der Waals surface area (Å²) in [5.41, 5.74) is 8.88. The number of ether oxygens (including phenoxy) is 1. The molecular formula is C18H22ClN3O3. The topological polar surface area (TPSA) is 97.2 Å². The quantitative estimate of drug-likeness (QED) is 0.761. The van der Waals surface area contributed by atoms with E-state index in [1.807, 2.05) is 13.0 Å². The highest BCUT2D eigenvalue weighted by molar-refractivity contribution is 5.92. The van der Waals surface area contributed by atoms with Crippen LogP contribution in [-0.2, 0) is 11.2 Å². The second-order valence-corrected chi connectivity index (χ2v) is 6.73. The van der Waals surface area contributed by atoms with Gasteiger partial charge in [0.1, 0.15) is 17.9 Å². The number of hydrogen-bond donors (Lipinski definition) is 3. The summed E-state index contributed by atoms with van der Waals surface area (Å²) in [6, 6.07) is 4.48. The second kappa shape index (κ2) is 6.78. The van der Waals surface area contributed by atoms with Crippen molar-refractivity contribution in [3.05, 3.63) is 39.7 Å². The predicted octanol–water partition coefficient (Wildman–Crippen LogP) is 1.21. The van der Waals surface area contributed by atoms with Crippen LogP contribution in [0.5, 0.6) is 5.75 Å². The van der Waals surface area contributed by atoms with Crippen molar-refractivity contribution in [2.75, 3.05) is 6.54 Å². The van der Waals surface area contributed by atoms with Crippen LogP contribution in [0.25, 0.3) is 10.9 Å². The van der Waals surface area contributed by atoms with Gasteiger partial charge in [-0.05, 0) is 43.5 Å². The number of halogens is 1. The van der Waals surface area contributed by atoms with Crippen LogP contribution in [0.15, 0.2) is 23.0 Å². The first-order valence-corrected chi connectivity index (χ1v) is 8.39. The van der Waals surface area contributed by atoms with E-state index in [-0.39, 0.29) is 35.9 Å². The number of aryl methyl sites for hydroxylation is 1. The largest absolute Gasteiger partial charge is 0.487 e. The Morgan fingerprint density at radius 3 is 2.92 bits per heavy atom. The molecule has 0 bridgehead atoms. The summed E-state index contributed by atoms with van der Waals surface area (Å²) in [6.07, 6.45) is 2.11. The van der Waals surface area contributed by atoms with Crippen molar-refractivity contribution in [3.63, 3.8) is 0 Å². The Morgan fingerprint density at radius 1 is 1.40 bits per heavy atom. The Hall–Kier alpha value is -1.89. The van der Waals surface area contributed by atoms with Crippen molar-refractivity contribution in [2.45, 2.75) is 44.4 Å². The summed E-state index contributed by atoms with van der Waals surface area (Å²) < 4.78 is 6.06. The Balaban J connectivity index is 0.00000182. The van der Waals surface area contributed by atoms with E-state index in [9.17, 15) is 9.59 Å². The summed E-state index contributed by atoms with van der Waals surface area (Å²) in [5.74, 6) is 0.763. The molecule has 0 saturated carbocycles. The van der Waals surface area contributed by atoms with Crippen molar-refractivity contribution in [1.82, 2.24) is 10.3 Å². The third-order valence-electron chi connectivity index (χ3n) is 5.06. The number of carbonyl (C=O) groups is 1. The van der Waals surface area contributed by atoms with Crippen molar-refractivity contribution in [3.8, 4) is 5.75 Å². The molecule has 2 aliphatic rings. The number of nitrogens with one attached hydrogen (secondary N) is 2. The monoisotopic (exact) mass is 363 g/mol. The summed E-state index contributed by atoms with van der Waals surface area (Å²) in [4.78, 5) is 27.0. The molecule has 1 saturated heterocycles. The minimum absolute atomic E-state index is 0. The molecule has 1 aromatic heterocycles. The van der Waals surface area contributed by atoms with Crippen molar-refractivity contribution in [2.24, 2.45) is 5.73 Å². The van der Waals surface area contributed by atoms with Crippen LogP contribution >= 0.6 is 12.4 Å². The molecular weight excluding hydrogens is 342 g/mol. The first-order chi connectivity index (χ1) is 11.5. The second-order valence-electron chi connectivity index (χ2n) is 6.73. The van der Waals surface area contributed by atoms with E-state index >= 15 is 0 Å². The molecule has 6 nitrogen and oxygen atoms in total. The number of rotatable bonds is 3. The van der Waals surface area contributed by atoms with E-state index in [1.165, 1.54) is 6.07 Å². The number of aromatic nitrogens is 1. The zero-order valence-electron chi connectivity index (χ0n) is 14.0. The molecule has 134 valence electrons. The van der Waals surface area contributed by atoms with Gasteiger partial charge in [0, 0.05) is 17.9 Å². The lowest BCUT2D eigenvalue weighted by Gasteiger charge is -2.21. The van der Waals surface area contributed by atoms with Gasteiger partial charge in [-0.15, -0.1) is 12.4 Å². The molecule has 1 fully saturated rings. The zero-order valence-corrected chi connectivity index (χ0v) is 14.8. The lowest BCUT2D eigenvalue weighted by Crippen LogP contribution is -2.51. The van der Waals surface area contributed by atoms with Gasteiger partial charge in [-0.25, -0.2) is 0 Å². The van der Waals surface area contributed by atoms with Gasteiger partial charge in [0.15, 0.2) is 5.78 Å². The molecule has 2 aliphatic heterocycles. The summed E-state index contributed by atoms with van der Waals surface area (Å²) in [7, 11) is 0. The minimum Gasteiger partial charge on any atom is -0.487 e. The Morgan fingerprint density at radius 2 is 2.20 bits per heavy atom. The fourth-order valence-electron chi connectivity index (χ4n) is 3.79. The Bertz CT molecular complexity index is 874. The number of Topliss-reactive ketones (excluding diaryl/α,β-unsaturated/α-hetero) is 1. The van der Waals surface area contributed by atoms with Crippen LogP contribution in [0, 0.1) is 6.92 Å². The number of aromatic amines is 1. The van der Waals surface area contributed by atoms with Crippen LogP contribution in [0.3, 0.4) is 0 Å². The van der Waals surface area contributed by atoms with E-state index in [0.29, 0.717) is 6.42 Å². The maximum Gasteiger partial charge on any atom is 0.248 e. The van der Waals surface area contributed by atoms with Gasteiger partial charge in [-0.1, -0.05) is 6.07 Å². The summed E-state index contributed by atoms with van der Waals surface area (Å²) in [5, 5.41) is 4.07. The van der Waals surface area contributed by atoms with Crippen LogP contribution in [0.2, 0.25) is 0 Å². The van der Waals surface area contributed by atoms with E-state index in [1.54, 1.807) is 6.07 Å². The fraction of sp³-hybridized carbons (Fsp3) is 0.444. The van der Waals surface area contributed by atoms with Crippen LogP contribution < -0.4 is 21.3 Å². The molecule has 2 unspecified atom stereocenters. The molecule has 3 heterocycles. The van der Waals surface area contributed by atoms with Gasteiger partial charge < -0.3 is 20.8 Å². The zero-order chi connectivity index (χ0) is 16.8. The molecule has 0 spiro atoms. The standard InChI is InChI=1S/C18H21N3O3.ClH/c1-9-7-10-8-13(15(19)17(23)12-3-2-6-20-12)24-18(10)11-4-5-14(22)21-16(9)11;/h4-5,7,12-13,15,20H,2-3,6,8,19H2,1H3,(H,21,22);1H/t12-,13?,15?;/m0./s1. The average Bonchev–Trinajstić information content (AvgIpc) is 3.23. The molecule has 2 aromatic rings. The SMILES string of the molecule is Cc1cc2c(c3ccc(=O)[nH]c13)OC(C(N)C(=O)[C@@H]1CCCN1)C2.Cl. The van der Waals surface area contributed by atoms with Crippen LogP contribution in [-0.4, -0.2) is 35.5 Å². The Kier molecular flexibility index (Phi) is 4.86. The van der Waals surface area contributed by atoms with Crippen molar-refractivity contribution >= 4 is 29.1 Å². The van der Waals surface area contributed by atoms with E-state index in [2.05, 4.69) is 10.3 Å². The van der Waals surface area contributed by atoms with Gasteiger partial charge in [0.2, 0.25) is 5.56 Å². The third-order valence-corrected chi connectivity index (χ3v) is 5.06. The molecule has 0 aliphatic carbocycles. The smallest absolute Gasteiger partial charge is 0.248 e. The van der Waals surface area contributed by atoms with Gasteiger partial charge in [0.05, 0.1) is 11.6 Å². The number of ketones is 1. The third kappa shape index (κ3) is 3.05. The van der Waals surface area contributed by atoms with E-state index < -0.39 is 6.04 Å². The molecule has 3 atom stereocenters. The average molecular weight is 364 g/mol. The van der Waals surface area contributed by atoms with E-state index in [0.717, 1.165) is 47.2 Å². The highest BCUT2D eigenvalue weighted by Gasteiger charge is 2.37. The molecule has 4 rings (SSSR count). The first kappa shape index (κ1) is 17.9. The number of pyridine rings is 1. The number of nitrogens with two attached hydrogens (primary N) is 1. The summed E-state index contributed by atoms with van der Waals surface area (Å²) >= 11 is 0. The van der Waals surface area contributed by atoms with Gasteiger partial charge in [-0.3, -0.25) is 9.59 Å². The van der Waals surface area contributed by atoms with Gasteiger partial charge in [0.25, 0.3) is 0 Å². The molecule has 0 radical (unpaired) electrons. The maximum absolute atomic E-state index is 12.5. The summed E-state index contributed by atoms with van der Waals surface area (Å²) in [6.45, 7) is 2.82. The fourth-order valence-corrected chi connectivity index (χ4v) is 3.79. The molecule has 1 aromatic carbocycles. The van der Waals surface area contributed by atoms with Crippen LogP contribution in [0.1, 0.15) is 24.0 Å². The number of fused-ring (bicyclic) bond motifs is 3. The Labute approximate surface area is 151 Å². The highest BCUT2D eigenvalue weighted by atomic mass is 35.5. The molecule has 7 heteroatoms. The number of benzene rings is 1. The normalized spacial score (nSPS) is 23.0. The van der Waals surface area contributed by atoms with E-state index in [4.69, 9.17) is 10.5 Å². The van der Waals surface area contributed by atoms with Crippen LogP contribution in [0.4, 0.5) is 0 Å². The number of carbonyl (C=O) groups excluding carboxylic acids is 1.